The van der Waals surface area contributed by atoms with Crippen LogP contribution in [0.3, 0.4) is 0 Å². The van der Waals surface area contributed by atoms with E-state index in [9.17, 15) is 4.79 Å². The molecule has 0 radical (unpaired) electrons. The summed E-state index contributed by atoms with van der Waals surface area (Å²) in [5.41, 5.74) is 3.88. The van der Waals surface area contributed by atoms with Crippen molar-refractivity contribution >= 4 is 25.5 Å². The number of carbonyl (C=O) groups excluding carboxylic acids is 1. The van der Waals surface area contributed by atoms with E-state index in [2.05, 4.69) is 60.7 Å². The smallest absolute Gasteiger partial charge is 0.184 e. The molecule has 0 bridgehead atoms. The Morgan fingerprint density at radius 2 is 2.08 bits per heavy atom. The molecular weight excluding hydrogens is 340 g/mol. The molecule has 2 aliphatic rings. The predicted octanol–water partition coefficient (Wildman–Crippen LogP) is 4.14. The lowest BCUT2D eigenvalue weighted by atomic mass is 9.77. The molecular formula is C21H30N2O2Si. The Bertz CT molecular complexity index is 810. The molecule has 5 heteroatoms. The molecule has 4 atom stereocenters. The van der Waals surface area contributed by atoms with Crippen LogP contribution in [0.25, 0.3) is 10.9 Å². The van der Waals surface area contributed by atoms with Gasteiger partial charge in [-0.25, -0.2) is 0 Å². The van der Waals surface area contributed by atoms with Gasteiger partial charge >= 0.3 is 0 Å². The van der Waals surface area contributed by atoms with Crippen molar-refractivity contribution in [3.05, 3.63) is 35.5 Å². The Kier molecular flexibility index (Phi) is 4.57. The highest BCUT2D eigenvalue weighted by Crippen LogP contribution is 2.44. The van der Waals surface area contributed by atoms with E-state index in [0.717, 1.165) is 25.9 Å². The first-order valence-corrected chi connectivity index (χ1v) is 13.2. The second-order valence-corrected chi connectivity index (χ2v) is 13.4. The normalized spacial score (nSPS) is 27.8. The maximum atomic E-state index is 12.0. The van der Waals surface area contributed by atoms with E-state index >= 15 is 0 Å². The van der Waals surface area contributed by atoms with Crippen LogP contribution >= 0.6 is 0 Å². The molecule has 0 amide bonds. The van der Waals surface area contributed by atoms with Crippen LogP contribution in [0.5, 0.6) is 0 Å². The second kappa shape index (κ2) is 6.62. The lowest BCUT2D eigenvalue weighted by Gasteiger charge is -2.47. The molecule has 0 unspecified atom stereocenters. The molecule has 0 saturated carbocycles. The first-order chi connectivity index (χ1) is 12.4. The lowest BCUT2D eigenvalue weighted by molar-refractivity contribution is -0.117. The minimum Gasteiger partial charge on any atom is -0.415 e. The van der Waals surface area contributed by atoms with Gasteiger partial charge < -0.3 is 14.2 Å². The number of H-pyrrole nitrogens is 1. The van der Waals surface area contributed by atoms with Crippen molar-refractivity contribution < 1.29 is 9.22 Å². The highest BCUT2D eigenvalue weighted by Gasteiger charge is 2.43. The van der Waals surface area contributed by atoms with Gasteiger partial charge in [-0.15, -0.1) is 0 Å². The molecule has 2 aromatic rings. The molecule has 1 aromatic heterocycles. The zero-order valence-corrected chi connectivity index (χ0v) is 17.3. The molecule has 4 rings (SSSR count). The standard InChI is InChI=1S/C21H30N2O2Si/c1-14(25-26(2,3)4)15-11-16(13-24)21-20-18(9-10-23(21)12-15)17-7-5-6-8-19(17)22-20/h5-8,13-16,21-22H,9-12H2,1-4H3/t14-,15-,16+,21-/m1/s1. The minimum absolute atomic E-state index is 0.0357. The number of para-hydroxylation sites is 1. The quantitative estimate of drug-likeness (QED) is 0.650. The first kappa shape index (κ1) is 18.0. The van der Waals surface area contributed by atoms with Gasteiger partial charge in [0.05, 0.1) is 6.04 Å². The Labute approximate surface area is 157 Å². The third-order valence-electron chi connectivity index (χ3n) is 6.01. The fraction of sp³-hybridized carbons (Fsp3) is 0.571. The Balaban J connectivity index is 1.63. The molecule has 0 spiro atoms. The van der Waals surface area contributed by atoms with Gasteiger partial charge in [0, 0.05) is 41.7 Å². The molecule has 26 heavy (non-hydrogen) atoms. The van der Waals surface area contributed by atoms with Gasteiger partial charge in [0.25, 0.3) is 0 Å². The number of benzene rings is 1. The number of piperidine rings is 1. The van der Waals surface area contributed by atoms with Crippen molar-refractivity contribution in [3.63, 3.8) is 0 Å². The number of aromatic nitrogens is 1. The number of fused-ring (bicyclic) bond motifs is 5. The van der Waals surface area contributed by atoms with E-state index in [1.165, 1.54) is 28.4 Å². The minimum atomic E-state index is -1.57. The van der Waals surface area contributed by atoms with Gasteiger partial charge in [0.2, 0.25) is 0 Å². The zero-order chi connectivity index (χ0) is 18.5. The monoisotopic (exact) mass is 370 g/mol. The highest BCUT2D eigenvalue weighted by atomic mass is 28.4. The zero-order valence-electron chi connectivity index (χ0n) is 16.3. The van der Waals surface area contributed by atoms with Crippen molar-refractivity contribution in [1.82, 2.24) is 9.88 Å². The van der Waals surface area contributed by atoms with Crippen LogP contribution in [0.1, 0.15) is 30.6 Å². The van der Waals surface area contributed by atoms with Crippen LogP contribution in [-0.2, 0) is 15.6 Å². The van der Waals surface area contributed by atoms with E-state index in [4.69, 9.17) is 4.43 Å². The van der Waals surface area contributed by atoms with Crippen molar-refractivity contribution in [3.8, 4) is 0 Å². The summed E-state index contributed by atoms with van der Waals surface area (Å²) in [5.74, 6) is 0.465. The SMILES string of the molecule is C[C@@H](O[Si](C)(C)C)[C@@H]1C[C@@H](C=O)[C@@H]2c3[nH]c4ccccc4c3CCN2C1. The van der Waals surface area contributed by atoms with Gasteiger partial charge in [-0.3, -0.25) is 4.90 Å². The molecule has 3 heterocycles. The molecule has 1 saturated heterocycles. The molecule has 1 fully saturated rings. The van der Waals surface area contributed by atoms with Gasteiger partial charge in [0.15, 0.2) is 8.32 Å². The van der Waals surface area contributed by atoms with Crippen molar-refractivity contribution in [1.29, 1.82) is 0 Å². The Hall–Kier alpha value is -1.43. The number of nitrogens with zero attached hydrogens (tertiary/aromatic N) is 1. The number of rotatable bonds is 4. The number of carbonyl (C=O) groups is 1. The number of nitrogens with one attached hydrogen (secondary N) is 1. The maximum absolute atomic E-state index is 12.0. The molecule has 4 nitrogen and oxygen atoms in total. The topological polar surface area (TPSA) is 45.3 Å². The summed E-state index contributed by atoms with van der Waals surface area (Å²) < 4.78 is 6.36. The fourth-order valence-electron chi connectivity index (χ4n) is 4.99. The summed E-state index contributed by atoms with van der Waals surface area (Å²) >= 11 is 0. The average Bonchev–Trinajstić information content (AvgIpc) is 2.97. The lowest BCUT2D eigenvalue weighted by Crippen LogP contribution is -2.50. The summed E-state index contributed by atoms with van der Waals surface area (Å²) in [6, 6.07) is 8.71. The Morgan fingerprint density at radius 1 is 1.31 bits per heavy atom. The van der Waals surface area contributed by atoms with E-state index in [1.807, 2.05) is 0 Å². The summed E-state index contributed by atoms with van der Waals surface area (Å²) in [6.07, 6.45) is 3.38. The molecule has 1 aromatic carbocycles. The highest BCUT2D eigenvalue weighted by molar-refractivity contribution is 6.69. The van der Waals surface area contributed by atoms with E-state index in [-0.39, 0.29) is 18.1 Å². The average molecular weight is 371 g/mol. The van der Waals surface area contributed by atoms with E-state index in [1.54, 1.807) is 0 Å². The van der Waals surface area contributed by atoms with Crippen molar-refractivity contribution in [2.45, 2.75) is 51.6 Å². The number of hydrogen-bond acceptors (Lipinski definition) is 3. The Morgan fingerprint density at radius 3 is 2.81 bits per heavy atom. The third kappa shape index (κ3) is 3.17. The first-order valence-electron chi connectivity index (χ1n) is 9.84. The second-order valence-electron chi connectivity index (χ2n) is 8.98. The fourth-order valence-corrected chi connectivity index (χ4v) is 6.30. The van der Waals surface area contributed by atoms with E-state index < -0.39 is 8.32 Å². The van der Waals surface area contributed by atoms with Gasteiger partial charge in [-0.05, 0) is 57.0 Å². The van der Waals surface area contributed by atoms with Crippen LogP contribution in [0.4, 0.5) is 0 Å². The maximum Gasteiger partial charge on any atom is 0.184 e. The largest absolute Gasteiger partial charge is 0.415 e. The van der Waals surface area contributed by atoms with Crippen molar-refractivity contribution in [2.75, 3.05) is 13.1 Å². The van der Waals surface area contributed by atoms with Gasteiger partial charge in [-0.1, -0.05) is 18.2 Å². The van der Waals surface area contributed by atoms with Gasteiger partial charge in [0.1, 0.15) is 6.29 Å². The van der Waals surface area contributed by atoms with Gasteiger partial charge in [-0.2, -0.15) is 0 Å². The predicted molar refractivity (Wildman–Crippen MR) is 108 cm³/mol. The van der Waals surface area contributed by atoms with Crippen LogP contribution < -0.4 is 0 Å². The summed E-state index contributed by atoms with van der Waals surface area (Å²) in [6.45, 7) is 11.0. The molecule has 0 aliphatic carbocycles. The number of hydrogen-bond donors (Lipinski definition) is 1. The number of aromatic amines is 1. The summed E-state index contributed by atoms with van der Waals surface area (Å²) in [7, 11) is -1.57. The molecule has 2 aliphatic heterocycles. The van der Waals surface area contributed by atoms with Crippen molar-refractivity contribution in [2.24, 2.45) is 11.8 Å². The molecule has 140 valence electrons. The van der Waals surface area contributed by atoms with Crippen LogP contribution in [0, 0.1) is 11.8 Å². The molecule has 1 N–H and O–H groups in total. The number of aldehydes is 1. The summed E-state index contributed by atoms with van der Waals surface area (Å²) in [4.78, 5) is 18.2. The third-order valence-corrected chi connectivity index (χ3v) is 7.09. The summed E-state index contributed by atoms with van der Waals surface area (Å²) in [5, 5.41) is 1.32. The van der Waals surface area contributed by atoms with E-state index in [0.29, 0.717) is 5.92 Å². The van der Waals surface area contributed by atoms with Crippen LogP contribution in [0.2, 0.25) is 19.6 Å². The van der Waals surface area contributed by atoms with Crippen LogP contribution in [-0.4, -0.2) is 43.7 Å². The van der Waals surface area contributed by atoms with Crippen LogP contribution in [0.15, 0.2) is 24.3 Å².